The lowest BCUT2D eigenvalue weighted by atomic mass is 10.2. The first-order chi connectivity index (χ1) is 12.8. The summed E-state index contributed by atoms with van der Waals surface area (Å²) in [6.45, 7) is 4.00. The molecule has 0 spiro atoms. The number of thioether (sulfide) groups is 1. The Labute approximate surface area is 160 Å². The van der Waals surface area contributed by atoms with E-state index in [1.54, 1.807) is 4.57 Å². The van der Waals surface area contributed by atoms with E-state index in [4.69, 9.17) is 10.2 Å². The highest BCUT2D eigenvalue weighted by Gasteiger charge is 2.17. The molecule has 0 saturated carbocycles. The smallest absolute Gasteiger partial charge is 0.272 e. The second kappa shape index (κ2) is 7.78. The third-order valence-electron chi connectivity index (χ3n) is 4.77. The molecule has 0 atom stereocenters. The van der Waals surface area contributed by atoms with Crippen LogP contribution < -0.4 is 5.56 Å². The molecule has 0 unspecified atom stereocenters. The van der Waals surface area contributed by atoms with Gasteiger partial charge in [0.1, 0.15) is 4.70 Å². The maximum Gasteiger partial charge on any atom is 0.272 e. The van der Waals surface area contributed by atoms with Gasteiger partial charge in [-0.1, -0.05) is 30.0 Å². The van der Waals surface area contributed by atoms with E-state index >= 15 is 0 Å². The lowest BCUT2D eigenvalue weighted by molar-refractivity contribution is 0.321. The van der Waals surface area contributed by atoms with Gasteiger partial charge in [-0.05, 0) is 45.0 Å². The largest absolute Gasteiger partial charge is 0.303 e. The monoisotopic (exact) mass is 384 g/mol. The highest BCUT2D eigenvalue weighted by Crippen LogP contribution is 2.31. The molecule has 26 heavy (non-hydrogen) atoms. The molecule has 1 aliphatic heterocycles. The summed E-state index contributed by atoms with van der Waals surface area (Å²) in [5.74, 6) is 0.298. The highest BCUT2D eigenvalue weighted by molar-refractivity contribution is 7.99. The van der Waals surface area contributed by atoms with Gasteiger partial charge in [0.15, 0.2) is 5.16 Å². The van der Waals surface area contributed by atoms with Gasteiger partial charge in [0.25, 0.3) is 5.56 Å². The van der Waals surface area contributed by atoms with Gasteiger partial charge >= 0.3 is 0 Å². The molecule has 1 aromatic carbocycles. The van der Waals surface area contributed by atoms with E-state index in [9.17, 15) is 4.79 Å². The topological polar surface area (TPSA) is 61.9 Å². The Kier molecular flexibility index (Phi) is 5.25. The summed E-state index contributed by atoms with van der Waals surface area (Å²) in [6, 6.07) is 10.1. The van der Waals surface area contributed by atoms with Crippen molar-refractivity contribution in [3.05, 3.63) is 34.6 Å². The standard InChI is InChI=1S/C19H20N4OS2/c20-8-13-25-19-21-16-14-6-1-2-7-15(14)26-17(16)18(24)23(19)12-5-11-22-9-3-4-10-22/h1-2,6-7H,3-5,9-13H2. The van der Waals surface area contributed by atoms with E-state index < -0.39 is 0 Å². The summed E-state index contributed by atoms with van der Waals surface area (Å²) >= 11 is 2.87. The van der Waals surface area contributed by atoms with Crippen LogP contribution in [0.4, 0.5) is 0 Å². The summed E-state index contributed by atoms with van der Waals surface area (Å²) in [7, 11) is 0. The van der Waals surface area contributed by atoms with Crippen molar-refractivity contribution in [3.8, 4) is 6.07 Å². The predicted octanol–water partition coefficient (Wildman–Crippen LogP) is 3.71. The zero-order valence-corrected chi connectivity index (χ0v) is 16.1. The zero-order chi connectivity index (χ0) is 17.9. The van der Waals surface area contributed by atoms with Gasteiger partial charge in [0.05, 0.1) is 17.3 Å². The van der Waals surface area contributed by atoms with Crippen LogP contribution in [0, 0.1) is 11.3 Å². The fraction of sp³-hybridized carbons (Fsp3) is 0.421. The second-order valence-corrected chi connectivity index (χ2v) is 8.47. The lowest BCUT2D eigenvalue weighted by Crippen LogP contribution is -2.26. The minimum atomic E-state index is 0.0260. The molecule has 1 aliphatic rings. The van der Waals surface area contributed by atoms with Gasteiger partial charge < -0.3 is 4.90 Å². The number of nitriles is 1. The molecule has 0 N–H and O–H groups in total. The van der Waals surface area contributed by atoms with E-state index in [1.807, 2.05) is 24.3 Å². The van der Waals surface area contributed by atoms with Crippen molar-refractivity contribution < 1.29 is 0 Å². The van der Waals surface area contributed by atoms with Gasteiger partial charge in [-0.25, -0.2) is 4.98 Å². The number of thiophene rings is 1. The molecular weight excluding hydrogens is 364 g/mol. The van der Waals surface area contributed by atoms with Crippen molar-refractivity contribution in [2.24, 2.45) is 0 Å². The Morgan fingerprint density at radius 3 is 2.85 bits per heavy atom. The molecule has 5 nitrogen and oxygen atoms in total. The van der Waals surface area contributed by atoms with Gasteiger partial charge in [-0.3, -0.25) is 9.36 Å². The van der Waals surface area contributed by atoms with Gasteiger partial charge in [0, 0.05) is 16.6 Å². The summed E-state index contributed by atoms with van der Waals surface area (Å²) in [5, 5.41) is 10.6. The molecule has 134 valence electrons. The van der Waals surface area contributed by atoms with Crippen LogP contribution >= 0.6 is 23.1 Å². The van der Waals surface area contributed by atoms with Crippen LogP contribution in [0.25, 0.3) is 20.3 Å². The van der Waals surface area contributed by atoms with E-state index in [0.717, 1.165) is 28.6 Å². The minimum Gasteiger partial charge on any atom is -0.303 e. The molecule has 0 bridgehead atoms. The van der Waals surface area contributed by atoms with Gasteiger partial charge in [-0.15, -0.1) is 11.3 Å². The average molecular weight is 385 g/mol. The molecule has 7 heteroatoms. The van der Waals surface area contributed by atoms with Crippen LogP contribution in [-0.2, 0) is 6.54 Å². The van der Waals surface area contributed by atoms with E-state index in [-0.39, 0.29) is 5.56 Å². The van der Waals surface area contributed by atoms with Crippen molar-refractivity contribution in [3.63, 3.8) is 0 Å². The SMILES string of the molecule is N#CCSc1nc2c(sc3ccccc32)c(=O)n1CCCN1CCCC1. The molecule has 1 saturated heterocycles. The van der Waals surface area contributed by atoms with Crippen LogP contribution in [0.2, 0.25) is 0 Å². The normalized spacial score (nSPS) is 15.0. The van der Waals surface area contributed by atoms with Crippen molar-refractivity contribution in [1.82, 2.24) is 14.5 Å². The maximum atomic E-state index is 13.1. The molecule has 1 fully saturated rings. The van der Waals surface area contributed by atoms with E-state index in [0.29, 0.717) is 22.2 Å². The molecule has 3 aromatic rings. The molecule has 0 amide bonds. The molecule has 0 radical (unpaired) electrons. The number of likely N-dealkylation sites (tertiary alicyclic amines) is 1. The van der Waals surface area contributed by atoms with Crippen LogP contribution in [0.15, 0.2) is 34.2 Å². The number of benzene rings is 1. The Morgan fingerprint density at radius 2 is 2.04 bits per heavy atom. The Morgan fingerprint density at radius 1 is 1.23 bits per heavy atom. The van der Waals surface area contributed by atoms with E-state index in [2.05, 4.69) is 11.0 Å². The van der Waals surface area contributed by atoms with Crippen molar-refractivity contribution in [1.29, 1.82) is 5.26 Å². The predicted molar refractivity (Wildman–Crippen MR) is 108 cm³/mol. The Bertz CT molecular complexity index is 1030. The number of rotatable bonds is 6. The fourth-order valence-electron chi connectivity index (χ4n) is 3.52. The van der Waals surface area contributed by atoms with Crippen molar-refractivity contribution in [2.45, 2.75) is 31.0 Å². The maximum absolute atomic E-state index is 13.1. The average Bonchev–Trinajstić information content (AvgIpc) is 3.30. The first-order valence-corrected chi connectivity index (χ1v) is 10.7. The van der Waals surface area contributed by atoms with Gasteiger partial charge in [0.2, 0.25) is 0 Å². The van der Waals surface area contributed by atoms with E-state index in [1.165, 1.54) is 49.0 Å². The van der Waals surface area contributed by atoms with Crippen LogP contribution in [0.5, 0.6) is 0 Å². The Hall–Kier alpha value is -1.88. The molecule has 3 heterocycles. The number of fused-ring (bicyclic) bond motifs is 3. The van der Waals surface area contributed by atoms with Crippen molar-refractivity contribution in [2.75, 3.05) is 25.4 Å². The van der Waals surface area contributed by atoms with Crippen LogP contribution in [-0.4, -0.2) is 39.8 Å². The first-order valence-electron chi connectivity index (χ1n) is 8.92. The zero-order valence-electron chi connectivity index (χ0n) is 14.5. The summed E-state index contributed by atoms with van der Waals surface area (Å²) in [6.07, 6.45) is 3.48. The molecular formula is C19H20N4OS2. The Balaban J connectivity index is 1.71. The van der Waals surface area contributed by atoms with Crippen molar-refractivity contribution >= 4 is 43.4 Å². The third kappa shape index (κ3) is 3.37. The molecule has 0 aliphatic carbocycles. The first kappa shape index (κ1) is 17.5. The minimum absolute atomic E-state index is 0.0260. The summed E-state index contributed by atoms with van der Waals surface area (Å²) in [4.78, 5) is 20.4. The number of nitrogens with zero attached hydrogens (tertiary/aromatic N) is 4. The summed E-state index contributed by atoms with van der Waals surface area (Å²) < 4.78 is 3.57. The van der Waals surface area contributed by atoms with Crippen LogP contribution in [0.3, 0.4) is 0 Å². The van der Waals surface area contributed by atoms with Gasteiger partial charge in [-0.2, -0.15) is 5.26 Å². The molecule has 4 rings (SSSR count). The number of hydrogen-bond acceptors (Lipinski definition) is 6. The number of aromatic nitrogens is 2. The number of hydrogen-bond donors (Lipinski definition) is 0. The lowest BCUT2D eigenvalue weighted by Gasteiger charge is -2.16. The van der Waals surface area contributed by atoms with Crippen LogP contribution in [0.1, 0.15) is 19.3 Å². The summed E-state index contributed by atoms with van der Waals surface area (Å²) in [5.41, 5.74) is 0.796. The fourth-order valence-corrected chi connectivity index (χ4v) is 5.29. The quantitative estimate of drug-likeness (QED) is 0.479. The highest BCUT2D eigenvalue weighted by atomic mass is 32.2. The molecule has 2 aromatic heterocycles. The third-order valence-corrected chi connectivity index (χ3v) is 6.76. The second-order valence-electron chi connectivity index (χ2n) is 6.48.